The number of hydrogen-bond donors (Lipinski definition) is 2. The van der Waals surface area contributed by atoms with Crippen molar-refractivity contribution in [3.05, 3.63) is 0 Å². The molecule has 1 unspecified atom stereocenters. The first-order valence-corrected chi connectivity index (χ1v) is 6.86. The SMILES string of the molecule is CCCCC(N)C1(O)CCC2(CC1)OCCO2. The molecule has 1 spiro atoms. The predicted molar refractivity (Wildman–Crippen MR) is 65.6 cm³/mol. The summed E-state index contributed by atoms with van der Waals surface area (Å²) in [6.45, 7) is 3.51. The van der Waals surface area contributed by atoms with E-state index in [1.54, 1.807) is 0 Å². The van der Waals surface area contributed by atoms with Crippen molar-refractivity contribution < 1.29 is 14.6 Å². The van der Waals surface area contributed by atoms with Crippen molar-refractivity contribution in [3.8, 4) is 0 Å². The van der Waals surface area contributed by atoms with Crippen LogP contribution in [0, 0.1) is 0 Å². The smallest absolute Gasteiger partial charge is 0.168 e. The zero-order chi connectivity index (χ0) is 12.4. The van der Waals surface area contributed by atoms with Gasteiger partial charge in [-0.3, -0.25) is 0 Å². The van der Waals surface area contributed by atoms with Crippen LogP contribution in [0.25, 0.3) is 0 Å². The first kappa shape index (κ1) is 13.3. The van der Waals surface area contributed by atoms with Gasteiger partial charge in [0, 0.05) is 18.9 Å². The molecule has 1 saturated carbocycles. The molecule has 1 aliphatic heterocycles. The van der Waals surface area contributed by atoms with Gasteiger partial charge in [-0.2, -0.15) is 0 Å². The van der Waals surface area contributed by atoms with E-state index in [4.69, 9.17) is 15.2 Å². The molecule has 4 nitrogen and oxygen atoms in total. The Morgan fingerprint density at radius 3 is 2.29 bits per heavy atom. The van der Waals surface area contributed by atoms with E-state index in [9.17, 15) is 5.11 Å². The molecule has 2 aliphatic rings. The van der Waals surface area contributed by atoms with E-state index in [2.05, 4.69) is 6.92 Å². The van der Waals surface area contributed by atoms with Crippen molar-refractivity contribution >= 4 is 0 Å². The van der Waals surface area contributed by atoms with Gasteiger partial charge in [-0.15, -0.1) is 0 Å². The van der Waals surface area contributed by atoms with Crippen molar-refractivity contribution in [2.75, 3.05) is 13.2 Å². The van der Waals surface area contributed by atoms with Gasteiger partial charge in [0.15, 0.2) is 5.79 Å². The zero-order valence-electron chi connectivity index (χ0n) is 10.8. The third-order valence-corrected chi connectivity index (χ3v) is 4.25. The number of aliphatic hydroxyl groups is 1. The molecule has 0 amide bonds. The minimum atomic E-state index is -0.713. The first-order valence-electron chi connectivity index (χ1n) is 6.86. The van der Waals surface area contributed by atoms with Crippen LogP contribution in [-0.4, -0.2) is 35.8 Å². The fourth-order valence-electron chi connectivity index (χ4n) is 2.91. The highest BCUT2D eigenvalue weighted by Crippen LogP contribution is 2.41. The molecule has 4 heteroatoms. The van der Waals surface area contributed by atoms with Gasteiger partial charge in [-0.1, -0.05) is 19.8 Å². The average molecular weight is 243 g/mol. The zero-order valence-corrected chi connectivity index (χ0v) is 10.8. The Labute approximate surface area is 103 Å². The second-order valence-corrected chi connectivity index (χ2v) is 5.46. The summed E-state index contributed by atoms with van der Waals surface area (Å²) in [5, 5.41) is 10.6. The lowest BCUT2D eigenvalue weighted by molar-refractivity contribution is -0.205. The Morgan fingerprint density at radius 2 is 1.76 bits per heavy atom. The molecule has 100 valence electrons. The van der Waals surface area contributed by atoms with Gasteiger partial charge < -0.3 is 20.3 Å². The van der Waals surface area contributed by atoms with E-state index < -0.39 is 11.4 Å². The molecule has 2 rings (SSSR count). The maximum Gasteiger partial charge on any atom is 0.168 e. The second-order valence-electron chi connectivity index (χ2n) is 5.46. The van der Waals surface area contributed by atoms with Crippen LogP contribution in [0.2, 0.25) is 0 Å². The molecule has 1 atom stereocenters. The van der Waals surface area contributed by atoms with Gasteiger partial charge in [0.2, 0.25) is 0 Å². The monoisotopic (exact) mass is 243 g/mol. The molecule has 2 fully saturated rings. The van der Waals surface area contributed by atoms with Gasteiger partial charge in [-0.05, 0) is 19.3 Å². The summed E-state index contributed by atoms with van der Waals surface area (Å²) in [6, 6.07) is -0.110. The molecule has 3 N–H and O–H groups in total. The Hall–Kier alpha value is -0.160. The van der Waals surface area contributed by atoms with Crippen molar-refractivity contribution in [1.82, 2.24) is 0 Å². The van der Waals surface area contributed by atoms with Crippen LogP contribution in [0.3, 0.4) is 0 Å². The molecule has 0 aromatic heterocycles. The maximum absolute atomic E-state index is 10.6. The Kier molecular flexibility index (Phi) is 4.08. The second kappa shape index (κ2) is 5.22. The van der Waals surface area contributed by atoms with Crippen molar-refractivity contribution in [1.29, 1.82) is 0 Å². The number of rotatable bonds is 4. The van der Waals surface area contributed by atoms with E-state index >= 15 is 0 Å². The lowest BCUT2D eigenvalue weighted by atomic mass is 9.76. The highest BCUT2D eigenvalue weighted by atomic mass is 16.7. The lowest BCUT2D eigenvalue weighted by Gasteiger charge is -2.43. The summed E-state index contributed by atoms with van der Waals surface area (Å²) < 4.78 is 11.3. The molecule has 1 aliphatic carbocycles. The lowest BCUT2D eigenvalue weighted by Crippen LogP contribution is -2.53. The predicted octanol–water partition coefficient (Wildman–Crippen LogP) is 1.55. The van der Waals surface area contributed by atoms with E-state index in [1.807, 2.05) is 0 Å². The first-order chi connectivity index (χ1) is 8.10. The summed E-state index contributed by atoms with van der Waals surface area (Å²) in [5.41, 5.74) is 5.41. The van der Waals surface area contributed by atoms with Gasteiger partial charge in [0.05, 0.1) is 18.8 Å². The van der Waals surface area contributed by atoms with Crippen LogP contribution in [-0.2, 0) is 9.47 Å². The molecule has 1 heterocycles. The van der Waals surface area contributed by atoms with Crippen LogP contribution in [0.15, 0.2) is 0 Å². The van der Waals surface area contributed by atoms with Crippen molar-refractivity contribution in [2.24, 2.45) is 5.73 Å². The minimum absolute atomic E-state index is 0.110. The van der Waals surface area contributed by atoms with Crippen LogP contribution in [0.5, 0.6) is 0 Å². The van der Waals surface area contributed by atoms with Crippen LogP contribution >= 0.6 is 0 Å². The van der Waals surface area contributed by atoms with Gasteiger partial charge >= 0.3 is 0 Å². The normalized spacial score (nSPS) is 28.4. The van der Waals surface area contributed by atoms with Crippen LogP contribution in [0.4, 0.5) is 0 Å². The van der Waals surface area contributed by atoms with Crippen molar-refractivity contribution in [3.63, 3.8) is 0 Å². The summed E-state index contributed by atoms with van der Waals surface area (Å²) in [7, 11) is 0. The van der Waals surface area contributed by atoms with E-state index in [1.165, 1.54) is 0 Å². The minimum Gasteiger partial charge on any atom is -0.388 e. The van der Waals surface area contributed by atoms with Gasteiger partial charge in [-0.25, -0.2) is 0 Å². The molecular formula is C13H25NO3. The molecule has 17 heavy (non-hydrogen) atoms. The molecule has 0 bridgehead atoms. The molecule has 0 radical (unpaired) electrons. The topological polar surface area (TPSA) is 64.7 Å². The Morgan fingerprint density at radius 1 is 1.18 bits per heavy atom. The highest BCUT2D eigenvalue weighted by Gasteiger charge is 2.47. The Bertz CT molecular complexity index is 241. The molecular weight excluding hydrogens is 218 g/mol. The third-order valence-electron chi connectivity index (χ3n) is 4.25. The number of ether oxygens (including phenoxy) is 2. The van der Waals surface area contributed by atoms with Crippen molar-refractivity contribution in [2.45, 2.75) is 69.3 Å². The fraction of sp³-hybridized carbons (Fsp3) is 1.00. The van der Waals surface area contributed by atoms with Gasteiger partial charge in [0.1, 0.15) is 0 Å². The number of unbranched alkanes of at least 4 members (excludes halogenated alkanes) is 1. The average Bonchev–Trinajstić information content (AvgIpc) is 2.79. The molecule has 0 aromatic carbocycles. The highest BCUT2D eigenvalue weighted by molar-refractivity contribution is 4.97. The van der Waals surface area contributed by atoms with Crippen LogP contribution < -0.4 is 5.73 Å². The number of hydrogen-bond acceptors (Lipinski definition) is 4. The van der Waals surface area contributed by atoms with E-state index in [-0.39, 0.29) is 6.04 Å². The quantitative estimate of drug-likeness (QED) is 0.786. The summed E-state index contributed by atoms with van der Waals surface area (Å²) in [6.07, 6.45) is 6.03. The molecule has 0 aromatic rings. The standard InChI is InChI=1S/C13H25NO3/c1-2-3-4-11(14)12(15)5-7-13(8-6-12)16-9-10-17-13/h11,15H,2-10,14H2,1H3. The molecule has 1 saturated heterocycles. The summed E-state index contributed by atoms with van der Waals surface area (Å²) in [4.78, 5) is 0. The Balaban J connectivity index is 1.87. The number of nitrogens with two attached hydrogens (primary N) is 1. The fourth-order valence-corrected chi connectivity index (χ4v) is 2.91. The summed E-state index contributed by atoms with van der Waals surface area (Å²) in [5.74, 6) is -0.406. The summed E-state index contributed by atoms with van der Waals surface area (Å²) >= 11 is 0. The van der Waals surface area contributed by atoms with Crippen LogP contribution in [0.1, 0.15) is 51.9 Å². The largest absolute Gasteiger partial charge is 0.388 e. The van der Waals surface area contributed by atoms with E-state index in [0.717, 1.165) is 32.1 Å². The van der Waals surface area contributed by atoms with Gasteiger partial charge in [0.25, 0.3) is 0 Å². The third kappa shape index (κ3) is 2.81. The van der Waals surface area contributed by atoms with E-state index in [0.29, 0.717) is 26.1 Å². The maximum atomic E-state index is 10.6.